The molecule has 0 fully saturated rings. The Morgan fingerprint density at radius 2 is 1.61 bits per heavy atom. The lowest BCUT2D eigenvalue weighted by molar-refractivity contribution is 0.0977. The second kappa shape index (κ2) is 9.67. The fourth-order valence-corrected chi connectivity index (χ4v) is 2.92. The van der Waals surface area contributed by atoms with Crippen molar-refractivity contribution in [3.63, 3.8) is 0 Å². The molecule has 1 amide bonds. The predicted molar refractivity (Wildman–Crippen MR) is 118 cm³/mol. The molecule has 3 aromatic rings. The summed E-state index contributed by atoms with van der Waals surface area (Å²) < 4.78 is 5.54. The highest BCUT2D eigenvalue weighted by Crippen LogP contribution is 2.27. The van der Waals surface area contributed by atoms with Gasteiger partial charge in [0.1, 0.15) is 5.75 Å². The molecule has 0 unspecified atom stereocenters. The van der Waals surface area contributed by atoms with Crippen molar-refractivity contribution >= 4 is 28.9 Å². The van der Waals surface area contributed by atoms with Crippen molar-refractivity contribution in [2.75, 3.05) is 11.9 Å². The Balaban J connectivity index is 1.65. The Morgan fingerprint density at radius 3 is 2.32 bits per heavy atom. The maximum atomic E-state index is 12.4. The van der Waals surface area contributed by atoms with Gasteiger partial charge in [-0.3, -0.25) is 10.1 Å². The largest absolute Gasteiger partial charge is 0.494 e. The summed E-state index contributed by atoms with van der Waals surface area (Å²) in [5.74, 6) is 0.479. The normalized spacial score (nSPS) is 10.2. The maximum Gasteiger partial charge on any atom is 0.257 e. The summed E-state index contributed by atoms with van der Waals surface area (Å²) in [6.45, 7) is 2.70. The fraction of sp³-hybridized carbons (Fsp3) is 0.130. The molecule has 3 aromatic carbocycles. The smallest absolute Gasteiger partial charge is 0.257 e. The maximum absolute atomic E-state index is 12.4. The third kappa shape index (κ3) is 5.18. The molecule has 142 valence electrons. The number of amides is 1. The minimum atomic E-state index is -0.267. The van der Waals surface area contributed by atoms with Gasteiger partial charge in [0.15, 0.2) is 5.11 Å². The number of para-hydroxylation sites is 1. The van der Waals surface area contributed by atoms with E-state index in [1.54, 1.807) is 24.3 Å². The van der Waals surface area contributed by atoms with E-state index in [0.29, 0.717) is 12.2 Å². The molecule has 0 spiro atoms. The van der Waals surface area contributed by atoms with Gasteiger partial charge in [-0.1, -0.05) is 55.5 Å². The summed E-state index contributed by atoms with van der Waals surface area (Å²) in [7, 11) is 0. The second-order valence-corrected chi connectivity index (χ2v) is 6.60. The number of nitrogens with one attached hydrogen (secondary N) is 2. The highest BCUT2D eigenvalue weighted by Gasteiger charge is 2.10. The highest BCUT2D eigenvalue weighted by atomic mass is 32.1. The van der Waals surface area contributed by atoms with Gasteiger partial charge in [0.05, 0.1) is 6.61 Å². The Morgan fingerprint density at radius 1 is 0.929 bits per heavy atom. The molecule has 0 radical (unpaired) electrons. The molecule has 28 heavy (non-hydrogen) atoms. The van der Waals surface area contributed by atoms with Crippen molar-refractivity contribution < 1.29 is 9.53 Å². The van der Waals surface area contributed by atoms with Gasteiger partial charge in [-0.05, 0) is 54.5 Å². The summed E-state index contributed by atoms with van der Waals surface area (Å²) in [5.41, 5.74) is 3.44. The van der Waals surface area contributed by atoms with Crippen LogP contribution in [0.1, 0.15) is 23.7 Å². The van der Waals surface area contributed by atoms with Crippen LogP contribution in [0.15, 0.2) is 78.9 Å². The quantitative estimate of drug-likeness (QED) is 0.563. The summed E-state index contributed by atoms with van der Waals surface area (Å²) in [5, 5.41) is 6.10. The molecule has 0 atom stereocenters. The van der Waals surface area contributed by atoms with Crippen LogP contribution in [0.4, 0.5) is 5.69 Å². The standard InChI is InChI=1S/C23H22N2O2S/c1-2-16-27-19-14-12-18(13-15-19)22(26)25-23(28)24-21-11-7-6-10-20(21)17-8-4-3-5-9-17/h3-15H,2,16H2,1H3,(H2,24,25,26,28). The zero-order chi connectivity index (χ0) is 19.8. The summed E-state index contributed by atoms with van der Waals surface area (Å²) >= 11 is 5.34. The molecule has 0 aliphatic carbocycles. The van der Waals surface area contributed by atoms with Crippen LogP contribution >= 0.6 is 12.2 Å². The molecular weight excluding hydrogens is 368 g/mol. The molecule has 3 rings (SSSR count). The lowest BCUT2D eigenvalue weighted by atomic mass is 10.0. The lowest BCUT2D eigenvalue weighted by Crippen LogP contribution is -2.34. The zero-order valence-corrected chi connectivity index (χ0v) is 16.5. The molecule has 4 nitrogen and oxygen atoms in total. The van der Waals surface area contributed by atoms with E-state index in [1.807, 2.05) is 61.5 Å². The molecule has 0 aromatic heterocycles. The van der Waals surface area contributed by atoms with Crippen LogP contribution in [-0.2, 0) is 0 Å². The van der Waals surface area contributed by atoms with Crippen LogP contribution in [-0.4, -0.2) is 17.6 Å². The molecule has 2 N–H and O–H groups in total. The summed E-state index contributed by atoms with van der Waals surface area (Å²) in [6, 6.07) is 24.9. The van der Waals surface area contributed by atoms with Gasteiger partial charge in [-0.15, -0.1) is 0 Å². The SMILES string of the molecule is CCCOc1ccc(C(=O)NC(=S)Nc2ccccc2-c2ccccc2)cc1. The van der Waals surface area contributed by atoms with Gasteiger partial charge >= 0.3 is 0 Å². The predicted octanol–water partition coefficient (Wildman–Crippen LogP) is 5.27. The van der Waals surface area contributed by atoms with Gasteiger partial charge in [0, 0.05) is 16.8 Å². The van der Waals surface area contributed by atoms with Crippen LogP contribution in [0.3, 0.4) is 0 Å². The average molecular weight is 391 g/mol. The molecule has 0 saturated carbocycles. The number of ether oxygens (including phenoxy) is 1. The number of rotatable bonds is 6. The molecule has 0 aliphatic rings. The summed E-state index contributed by atoms with van der Waals surface area (Å²) in [4.78, 5) is 12.4. The molecular formula is C23H22N2O2S. The zero-order valence-electron chi connectivity index (χ0n) is 15.6. The van der Waals surface area contributed by atoms with Crippen molar-refractivity contribution in [1.82, 2.24) is 5.32 Å². The first-order valence-corrected chi connectivity index (χ1v) is 9.58. The second-order valence-electron chi connectivity index (χ2n) is 6.19. The van der Waals surface area contributed by atoms with Crippen molar-refractivity contribution in [3.05, 3.63) is 84.4 Å². The van der Waals surface area contributed by atoms with E-state index in [0.717, 1.165) is 29.0 Å². The van der Waals surface area contributed by atoms with E-state index in [1.165, 1.54) is 0 Å². The van der Waals surface area contributed by atoms with Crippen molar-refractivity contribution in [1.29, 1.82) is 0 Å². The number of anilines is 1. The van der Waals surface area contributed by atoms with Crippen molar-refractivity contribution in [2.45, 2.75) is 13.3 Å². The van der Waals surface area contributed by atoms with E-state index >= 15 is 0 Å². The van der Waals surface area contributed by atoms with Gasteiger partial charge in [-0.2, -0.15) is 0 Å². The van der Waals surface area contributed by atoms with Gasteiger partial charge < -0.3 is 10.1 Å². The van der Waals surface area contributed by atoms with Gasteiger partial charge in [0.25, 0.3) is 5.91 Å². The van der Waals surface area contributed by atoms with Crippen LogP contribution in [0, 0.1) is 0 Å². The van der Waals surface area contributed by atoms with Crippen LogP contribution in [0.2, 0.25) is 0 Å². The molecule has 0 aliphatic heterocycles. The molecule has 0 bridgehead atoms. The average Bonchev–Trinajstić information content (AvgIpc) is 2.73. The van der Waals surface area contributed by atoms with E-state index in [4.69, 9.17) is 17.0 Å². The number of carbonyl (C=O) groups excluding carboxylic acids is 1. The topological polar surface area (TPSA) is 50.4 Å². The van der Waals surface area contributed by atoms with Crippen LogP contribution in [0.25, 0.3) is 11.1 Å². The van der Waals surface area contributed by atoms with Gasteiger partial charge in [-0.25, -0.2) is 0 Å². The minimum absolute atomic E-state index is 0.250. The fourth-order valence-electron chi connectivity index (χ4n) is 2.71. The first kappa shape index (κ1) is 19.6. The van der Waals surface area contributed by atoms with Crippen molar-refractivity contribution in [2.24, 2.45) is 0 Å². The van der Waals surface area contributed by atoms with E-state index in [-0.39, 0.29) is 11.0 Å². The highest BCUT2D eigenvalue weighted by molar-refractivity contribution is 7.80. The summed E-state index contributed by atoms with van der Waals surface area (Å²) in [6.07, 6.45) is 0.937. The third-order valence-corrected chi connectivity index (χ3v) is 4.28. The van der Waals surface area contributed by atoms with E-state index in [2.05, 4.69) is 10.6 Å². The Kier molecular flexibility index (Phi) is 6.76. The Bertz CT molecular complexity index is 940. The van der Waals surface area contributed by atoms with Crippen LogP contribution < -0.4 is 15.4 Å². The first-order valence-electron chi connectivity index (χ1n) is 9.17. The van der Waals surface area contributed by atoms with E-state index < -0.39 is 0 Å². The van der Waals surface area contributed by atoms with Crippen LogP contribution in [0.5, 0.6) is 5.75 Å². The first-order chi connectivity index (χ1) is 13.7. The lowest BCUT2D eigenvalue weighted by Gasteiger charge is -2.14. The molecule has 0 saturated heterocycles. The Hall–Kier alpha value is -3.18. The molecule has 5 heteroatoms. The minimum Gasteiger partial charge on any atom is -0.494 e. The Labute approximate surface area is 170 Å². The number of carbonyl (C=O) groups is 1. The monoisotopic (exact) mass is 390 g/mol. The van der Waals surface area contributed by atoms with Crippen molar-refractivity contribution in [3.8, 4) is 16.9 Å². The number of benzene rings is 3. The number of hydrogen-bond donors (Lipinski definition) is 2. The molecule has 0 heterocycles. The van der Waals surface area contributed by atoms with Gasteiger partial charge in [0.2, 0.25) is 0 Å². The number of thiocarbonyl (C=S) groups is 1. The third-order valence-electron chi connectivity index (χ3n) is 4.08. The number of hydrogen-bond acceptors (Lipinski definition) is 3. The van der Waals surface area contributed by atoms with E-state index in [9.17, 15) is 4.79 Å².